The van der Waals surface area contributed by atoms with Gasteiger partial charge in [-0.1, -0.05) is 30.3 Å². The van der Waals surface area contributed by atoms with Gasteiger partial charge in [-0.2, -0.15) is 0 Å². The third-order valence-corrected chi connectivity index (χ3v) is 5.58. The Morgan fingerprint density at radius 3 is 2.54 bits per heavy atom. The standard InChI is InChI=1S/C21H22N2O4S/c1-13-14(2)28-20(18(13)21(25)26-3)23-17(24)12-22-19(16-10-7-11-27-16)15-8-5-4-6-9-15/h4-11,19,22H,12H2,1-3H3,(H,23,24)/t19-/m0/s1. The number of hydrogen-bond acceptors (Lipinski definition) is 6. The van der Waals surface area contributed by atoms with Crippen LogP contribution in [0.15, 0.2) is 53.1 Å². The molecule has 7 heteroatoms. The van der Waals surface area contributed by atoms with Crippen LogP contribution in [0.5, 0.6) is 0 Å². The summed E-state index contributed by atoms with van der Waals surface area (Å²) in [6.45, 7) is 3.80. The van der Waals surface area contributed by atoms with Crippen molar-refractivity contribution in [2.24, 2.45) is 0 Å². The zero-order valence-corrected chi connectivity index (χ0v) is 16.8. The van der Waals surface area contributed by atoms with E-state index in [1.807, 2.05) is 56.3 Å². The second-order valence-electron chi connectivity index (χ2n) is 6.27. The van der Waals surface area contributed by atoms with Crippen molar-refractivity contribution in [3.8, 4) is 0 Å². The molecule has 2 aromatic heterocycles. The number of nitrogens with one attached hydrogen (secondary N) is 2. The van der Waals surface area contributed by atoms with E-state index in [1.165, 1.54) is 18.4 Å². The summed E-state index contributed by atoms with van der Waals surface area (Å²) in [5.41, 5.74) is 2.21. The molecule has 0 aliphatic heterocycles. The van der Waals surface area contributed by atoms with Crippen molar-refractivity contribution in [3.05, 3.63) is 76.1 Å². The number of carbonyl (C=O) groups is 2. The monoisotopic (exact) mass is 398 g/mol. The number of thiophene rings is 1. The lowest BCUT2D eigenvalue weighted by molar-refractivity contribution is -0.115. The van der Waals surface area contributed by atoms with E-state index < -0.39 is 5.97 Å². The molecule has 0 aliphatic carbocycles. The molecule has 0 bridgehead atoms. The van der Waals surface area contributed by atoms with Crippen LogP contribution in [-0.2, 0) is 9.53 Å². The molecule has 0 saturated heterocycles. The van der Waals surface area contributed by atoms with Gasteiger partial charge in [0.15, 0.2) is 0 Å². The zero-order valence-electron chi connectivity index (χ0n) is 15.9. The molecule has 3 aromatic rings. The van der Waals surface area contributed by atoms with Gasteiger partial charge in [0.05, 0.1) is 31.5 Å². The van der Waals surface area contributed by atoms with E-state index in [9.17, 15) is 9.59 Å². The predicted octanol–water partition coefficient (Wildman–Crippen LogP) is 4.06. The van der Waals surface area contributed by atoms with Crippen LogP contribution < -0.4 is 10.6 Å². The molecular formula is C21H22N2O4S. The first kappa shape index (κ1) is 19.9. The van der Waals surface area contributed by atoms with E-state index in [0.717, 1.165) is 21.8 Å². The fourth-order valence-electron chi connectivity index (χ4n) is 2.91. The average Bonchev–Trinajstić information content (AvgIpc) is 3.31. The average molecular weight is 398 g/mol. The highest BCUT2D eigenvalue weighted by Crippen LogP contribution is 2.33. The predicted molar refractivity (Wildman–Crippen MR) is 109 cm³/mol. The third-order valence-electron chi connectivity index (χ3n) is 4.46. The molecule has 2 heterocycles. The molecule has 146 valence electrons. The Morgan fingerprint density at radius 2 is 1.89 bits per heavy atom. The molecule has 0 spiro atoms. The highest BCUT2D eigenvalue weighted by atomic mass is 32.1. The van der Waals surface area contributed by atoms with Crippen LogP contribution in [-0.4, -0.2) is 25.5 Å². The van der Waals surface area contributed by atoms with Crippen molar-refractivity contribution in [2.45, 2.75) is 19.9 Å². The number of hydrogen-bond donors (Lipinski definition) is 2. The van der Waals surface area contributed by atoms with E-state index in [1.54, 1.807) is 6.26 Å². The quantitative estimate of drug-likeness (QED) is 0.587. The van der Waals surface area contributed by atoms with Crippen LogP contribution in [0.3, 0.4) is 0 Å². The van der Waals surface area contributed by atoms with E-state index >= 15 is 0 Å². The number of furan rings is 1. The molecule has 0 unspecified atom stereocenters. The Bertz CT molecular complexity index is 948. The molecule has 1 aromatic carbocycles. The van der Waals surface area contributed by atoms with Crippen LogP contribution in [0.1, 0.15) is 38.2 Å². The second-order valence-corrected chi connectivity index (χ2v) is 7.49. The molecule has 0 aliphatic rings. The van der Waals surface area contributed by atoms with Crippen molar-refractivity contribution < 1.29 is 18.7 Å². The SMILES string of the molecule is COC(=O)c1c(NC(=O)CN[C@@H](c2ccccc2)c2ccco2)sc(C)c1C. The first-order chi connectivity index (χ1) is 13.5. The maximum atomic E-state index is 12.6. The van der Waals surface area contributed by atoms with E-state index in [2.05, 4.69) is 10.6 Å². The summed E-state index contributed by atoms with van der Waals surface area (Å²) in [4.78, 5) is 25.6. The highest BCUT2D eigenvalue weighted by Gasteiger charge is 2.22. The van der Waals surface area contributed by atoms with Crippen LogP contribution >= 0.6 is 11.3 Å². The van der Waals surface area contributed by atoms with Crippen molar-refractivity contribution in [2.75, 3.05) is 19.0 Å². The highest BCUT2D eigenvalue weighted by molar-refractivity contribution is 7.16. The lowest BCUT2D eigenvalue weighted by atomic mass is 10.0. The topological polar surface area (TPSA) is 80.6 Å². The van der Waals surface area contributed by atoms with Crippen LogP contribution in [0.4, 0.5) is 5.00 Å². The number of ether oxygens (including phenoxy) is 1. The minimum Gasteiger partial charge on any atom is -0.467 e. The van der Waals surface area contributed by atoms with Crippen LogP contribution in [0.25, 0.3) is 0 Å². The Kier molecular flexibility index (Phi) is 6.28. The Hall–Kier alpha value is -2.90. The zero-order chi connectivity index (χ0) is 20.1. The van der Waals surface area contributed by atoms with Gasteiger partial charge in [0.25, 0.3) is 0 Å². The summed E-state index contributed by atoms with van der Waals surface area (Å²) in [6.07, 6.45) is 1.60. The van der Waals surface area contributed by atoms with Gasteiger partial charge in [-0.05, 0) is 37.1 Å². The van der Waals surface area contributed by atoms with E-state index in [4.69, 9.17) is 9.15 Å². The van der Waals surface area contributed by atoms with Crippen LogP contribution in [0, 0.1) is 13.8 Å². The Balaban J connectivity index is 1.73. The van der Waals surface area contributed by atoms with Gasteiger partial charge in [0.1, 0.15) is 10.8 Å². The van der Waals surface area contributed by atoms with Gasteiger partial charge in [-0.25, -0.2) is 4.79 Å². The smallest absolute Gasteiger partial charge is 0.341 e. The van der Waals surface area contributed by atoms with Crippen molar-refractivity contribution in [3.63, 3.8) is 0 Å². The van der Waals surface area contributed by atoms with Gasteiger partial charge in [0.2, 0.25) is 5.91 Å². The lowest BCUT2D eigenvalue weighted by Gasteiger charge is -2.17. The van der Waals surface area contributed by atoms with Gasteiger partial charge in [0, 0.05) is 4.88 Å². The van der Waals surface area contributed by atoms with Crippen molar-refractivity contribution in [1.29, 1.82) is 0 Å². The minimum absolute atomic E-state index is 0.0524. The summed E-state index contributed by atoms with van der Waals surface area (Å²) in [5.74, 6) is 0.0128. The molecule has 0 fully saturated rings. The Labute approximate surface area is 167 Å². The third kappa shape index (κ3) is 4.32. The molecular weight excluding hydrogens is 376 g/mol. The summed E-state index contributed by atoms with van der Waals surface area (Å²) in [7, 11) is 1.33. The molecule has 3 rings (SSSR count). The summed E-state index contributed by atoms with van der Waals surface area (Å²) >= 11 is 1.36. The molecule has 6 nitrogen and oxygen atoms in total. The van der Waals surface area contributed by atoms with Gasteiger partial charge in [-0.3, -0.25) is 10.1 Å². The number of rotatable bonds is 7. The number of carbonyl (C=O) groups excluding carboxylic acids is 2. The van der Waals surface area contributed by atoms with Gasteiger partial charge in [-0.15, -0.1) is 11.3 Å². The largest absolute Gasteiger partial charge is 0.467 e. The van der Waals surface area contributed by atoms with Crippen molar-refractivity contribution >= 4 is 28.2 Å². The minimum atomic E-state index is -0.456. The number of amides is 1. The van der Waals surface area contributed by atoms with Crippen molar-refractivity contribution in [1.82, 2.24) is 5.32 Å². The number of anilines is 1. The molecule has 1 atom stereocenters. The summed E-state index contributed by atoms with van der Waals surface area (Å²) in [6, 6.07) is 13.2. The normalized spacial score (nSPS) is 11.8. The molecule has 2 N–H and O–H groups in total. The number of esters is 1. The lowest BCUT2D eigenvalue weighted by Crippen LogP contribution is -2.31. The Morgan fingerprint density at radius 1 is 1.14 bits per heavy atom. The first-order valence-electron chi connectivity index (χ1n) is 8.81. The number of benzene rings is 1. The number of methoxy groups -OCH3 is 1. The summed E-state index contributed by atoms with van der Waals surface area (Å²) < 4.78 is 10.4. The van der Waals surface area contributed by atoms with Crippen LogP contribution in [0.2, 0.25) is 0 Å². The fraction of sp³-hybridized carbons (Fsp3) is 0.238. The van der Waals surface area contributed by atoms with E-state index in [0.29, 0.717) is 10.6 Å². The molecule has 28 heavy (non-hydrogen) atoms. The summed E-state index contributed by atoms with van der Waals surface area (Å²) in [5, 5.41) is 6.55. The van der Waals surface area contributed by atoms with E-state index in [-0.39, 0.29) is 18.5 Å². The fourth-order valence-corrected chi connectivity index (χ4v) is 3.98. The maximum absolute atomic E-state index is 12.6. The second kappa shape index (κ2) is 8.86. The molecule has 0 radical (unpaired) electrons. The first-order valence-corrected chi connectivity index (χ1v) is 9.62. The van der Waals surface area contributed by atoms with Gasteiger partial charge >= 0.3 is 5.97 Å². The molecule has 1 amide bonds. The number of aryl methyl sites for hydroxylation is 1. The maximum Gasteiger partial charge on any atom is 0.341 e. The molecule has 0 saturated carbocycles. The van der Waals surface area contributed by atoms with Gasteiger partial charge < -0.3 is 14.5 Å².